The fourth-order valence-electron chi connectivity index (χ4n) is 6.10. The van der Waals surface area contributed by atoms with Crippen molar-refractivity contribution < 1.29 is 9.18 Å². The van der Waals surface area contributed by atoms with Gasteiger partial charge in [-0.05, 0) is 68.0 Å². The number of thioether (sulfide) groups is 1. The maximum Gasteiger partial charge on any atom is 0.296 e. The van der Waals surface area contributed by atoms with Gasteiger partial charge in [-0.1, -0.05) is 48.2 Å². The summed E-state index contributed by atoms with van der Waals surface area (Å²) in [6.07, 6.45) is 3.22. The van der Waals surface area contributed by atoms with Gasteiger partial charge in [-0.2, -0.15) is 0 Å². The van der Waals surface area contributed by atoms with Crippen LogP contribution in [0.2, 0.25) is 0 Å². The van der Waals surface area contributed by atoms with Gasteiger partial charge in [0.25, 0.3) is 17.0 Å². The van der Waals surface area contributed by atoms with Gasteiger partial charge >= 0.3 is 0 Å². The van der Waals surface area contributed by atoms with Crippen molar-refractivity contribution in [2.75, 3.05) is 40.9 Å². The lowest BCUT2D eigenvalue weighted by Gasteiger charge is -2.37. The molecule has 0 unspecified atom stereocenters. The van der Waals surface area contributed by atoms with Crippen LogP contribution in [0, 0.1) is 19.7 Å². The van der Waals surface area contributed by atoms with Gasteiger partial charge in [0.2, 0.25) is 0 Å². The molecule has 0 saturated carbocycles. The third-order valence-electron chi connectivity index (χ3n) is 8.65. The molecule has 2 fully saturated rings. The van der Waals surface area contributed by atoms with Crippen LogP contribution < -0.4 is 25.8 Å². The van der Waals surface area contributed by atoms with Crippen molar-refractivity contribution in [3.05, 3.63) is 121 Å². The van der Waals surface area contributed by atoms with Crippen LogP contribution in [0.4, 0.5) is 21.6 Å². The summed E-state index contributed by atoms with van der Waals surface area (Å²) in [6, 6.07) is 19.2. The highest BCUT2D eigenvalue weighted by atomic mass is 32.2. The molecule has 5 aromatic rings. The van der Waals surface area contributed by atoms with Gasteiger partial charge in [0, 0.05) is 45.1 Å². The van der Waals surface area contributed by atoms with Gasteiger partial charge in [0.1, 0.15) is 23.0 Å². The molecular weight excluding hydrogens is 638 g/mol. The number of benzene rings is 2. The summed E-state index contributed by atoms with van der Waals surface area (Å²) in [7, 11) is 1.76. The number of pyridine rings is 1. The number of thiocarbonyl (C=S) groups is 1. The standard InChI is InChI=1S/C34H30FN7O3S2/c1-21-8-7-15-40-29(21)36-30(39-18-16-38(17-19-39)24-13-11-23(35)12-14-24)26(31(40)43)20-27-32(44)41(34(46)47-27)28-22(2)37(3)42(33(28)45)25-9-5-4-6-10-25/h4-15,20H,16-19H2,1-3H3. The largest absolute Gasteiger partial charge is 0.368 e. The molecule has 2 saturated heterocycles. The van der Waals surface area contributed by atoms with E-state index in [2.05, 4.69) is 4.90 Å². The number of carbonyl (C=O) groups is 1. The Labute approximate surface area is 278 Å². The normalized spacial score (nSPS) is 16.3. The Morgan fingerprint density at radius 1 is 0.851 bits per heavy atom. The van der Waals surface area contributed by atoms with Crippen molar-refractivity contribution >= 4 is 63.1 Å². The molecule has 3 aromatic heterocycles. The number of anilines is 3. The van der Waals surface area contributed by atoms with Gasteiger partial charge in [-0.3, -0.25) is 28.4 Å². The van der Waals surface area contributed by atoms with E-state index in [1.54, 1.807) is 49.1 Å². The van der Waals surface area contributed by atoms with Gasteiger partial charge in [0.05, 0.1) is 21.8 Å². The number of aryl methyl sites for hydroxylation is 1. The molecule has 2 aliphatic heterocycles. The maximum absolute atomic E-state index is 14.1. The average molecular weight is 668 g/mol. The van der Waals surface area contributed by atoms with Crippen LogP contribution in [-0.4, -0.2) is 55.2 Å². The highest BCUT2D eigenvalue weighted by Crippen LogP contribution is 2.37. The van der Waals surface area contributed by atoms with Crippen molar-refractivity contribution in [1.29, 1.82) is 0 Å². The number of rotatable bonds is 5. The van der Waals surface area contributed by atoms with Crippen molar-refractivity contribution in [3.8, 4) is 5.69 Å². The quantitative estimate of drug-likeness (QED) is 0.198. The van der Waals surface area contributed by atoms with E-state index in [1.807, 2.05) is 48.2 Å². The van der Waals surface area contributed by atoms with E-state index in [0.29, 0.717) is 49.0 Å². The first-order chi connectivity index (χ1) is 22.6. The molecule has 0 atom stereocenters. The number of fused-ring (bicyclic) bond motifs is 1. The lowest BCUT2D eigenvalue weighted by molar-refractivity contribution is -0.113. The van der Waals surface area contributed by atoms with Crippen LogP contribution >= 0.6 is 24.0 Å². The summed E-state index contributed by atoms with van der Waals surface area (Å²) in [6.45, 7) is 6.02. The second-order valence-electron chi connectivity index (χ2n) is 11.4. The molecule has 238 valence electrons. The first-order valence-electron chi connectivity index (χ1n) is 15.0. The van der Waals surface area contributed by atoms with E-state index < -0.39 is 5.91 Å². The summed E-state index contributed by atoms with van der Waals surface area (Å²) in [5, 5.41) is 0. The van der Waals surface area contributed by atoms with Gasteiger partial charge in [0.15, 0.2) is 4.32 Å². The molecular formula is C34H30FN7O3S2. The van der Waals surface area contributed by atoms with Crippen molar-refractivity contribution in [1.82, 2.24) is 18.7 Å². The molecule has 5 heterocycles. The van der Waals surface area contributed by atoms with E-state index in [-0.39, 0.29) is 37.4 Å². The van der Waals surface area contributed by atoms with Crippen molar-refractivity contribution in [2.45, 2.75) is 13.8 Å². The fourth-order valence-corrected chi connectivity index (χ4v) is 7.35. The number of hydrogen-bond acceptors (Lipinski definition) is 8. The molecule has 10 nitrogen and oxygen atoms in total. The molecule has 13 heteroatoms. The van der Waals surface area contributed by atoms with Gasteiger partial charge in [-0.25, -0.2) is 14.1 Å². The molecule has 1 amide bonds. The molecule has 0 spiro atoms. The van der Waals surface area contributed by atoms with Crippen LogP contribution in [0.1, 0.15) is 16.8 Å². The SMILES string of the molecule is Cc1cccn2c(=O)c(C=C3SC(=S)N(c4c(C)n(C)n(-c5ccccc5)c4=O)C3=O)c(N3CCN(c4ccc(F)cc4)CC3)nc12. The Bertz CT molecular complexity index is 2220. The van der Waals surface area contributed by atoms with Crippen LogP contribution in [0.5, 0.6) is 0 Å². The van der Waals surface area contributed by atoms with E-state index in [9.17, 15) is 18.8 Å². The summed E-state index contributed by atoms with van der Waals surface area (Å²) >= 11 is 6.71. The van der Waals surface area contributed by atoms with Crippen LogP contribution in [0.15, 0.2) is 87.4 Å². The highest BCUT2D eigenvalue weighted by Gasteiger charge is 2.38. The molecule has 7 rings (SSSR count). The van der Waals surface area contributed by atoms with Gasteiger partial charge in [-0.15, -0.1) is 0 Å². The molecule has 47 heavy (non-hydrogen) atoms. The van der Waals surface area contributed by atoms with E-state index >= 15 is 0 Å². The zero-order valence-corrected chi connectivity index (χ0v) is 27.5. The minimum Gasteiger partial charge on any atom is -0.368 e. The maximum atomic E-state index is 14.1. The third-order valence-corrected chi connectivity index (χ3v) is 9.95. The zero-order chi connectivity index (χ0) is 33.0. The third kappa shape index (κ3) is 5.25. The van der Waals surface area contributed by atoms with E-state index in [4.69, 9.17) is 17.2 Å². The van der Waals surface area contributed by atoms with E-state index in [0.717, 1.165) is 23.0 Å². The molecule has 0 bridgehead atoms. The van der Waals surface area contributed by atoms with Crippen molar-refractivity contribution in [2.24, 2.45) is 7.05 Å². The second kappa shape index (κ2) is 12.0. The molecule has 0 radical (unpaired) electrons. The minimum atomic E-state index is -0.480. The van der Waals surface area contributed by atoms with Crippen LogP contribution in [-0.2, 0) is 11.8 Å². The monoisotopic (exact) mass is 667 g/mol. The second-order valence-corrected chi connectivity index (χ2v) is 13.1. The Morgan fingerprint density at radius 2 is 1.53 bits per heavy atom. The Morgan fingerprint density at radius 3 is 2.23 bits per heavy atom. The summed E-state index contributed by atoms with van der Waals surface area (Å²) < 4.78 is 18.4. The molecule has 0 aliphatic carbocycles. The number of hydrogen-bond donors (Lipinski definition) is 0. The lowest BCUT2D eigenvalue weighted by Crippen LogP contribution is -2.47. The molecule has 2 aromatic carbocycles. The number of para-hydroxylation sites is 1. The average Bonchev–Trinajstić information content (AvgIpc) is 3.47. The Balaban J connectivity index is 1.28. The number of aromatic nitrogens is 4. The predicted molar refractivity (Wildman–Crippen MR) is 188 cm³/mol. The summed E-state index contributed by atoms with van der Waals surface area (Å²) in [4.78, 5) is 52.5. The smallest absolute Gasteiger partial charge is 0.296 e. The van der Waals surface area contributed by atoms with Crippen LogP contribution in [0.25, 0.3) is 17.4 Å². The Hall–Kier alpha value is -5.01. The first-order valence-corrected chi connectivity index (χ1v) is 16.3. The molecule has 0 N–H and O–H groups in total. The van der Waals surface area contributed by atoms with Gasteiger partial charge < -0.3 is 9.80 Å². The number of nitrogens with zero attached hydrogens (tertiary/aromatic N) is 7. The summed E-state index contributed by atoms with van der Waals surface area (Å²) in [5.74, 6) is -0.301. The number of piperazine rings is 1. The van der Waals surface area contributed by atoms with Crippen LogP contribution in [0.3, 0.4) is 0 Å². The highest BCUT2D eigenvalue weighted by molar-refractivity contribution is 8.27. The Kier molecular flexibility index (Phi) is 7.80. The minimum absolute atomic E-state index is 0.170. The number of halogens is 1. The lowest BCUT2D eigenvalue weighted by atomic mass is 10.2. The first kappa shape index (κ1) is 30.6. The van der Waals surface area contributed by atoms with Crippen molar-refractivity contribution in [3.63, 3.8) is 0 Å². The number of amides is 1. The summed E-state index contributed by atoms with van der Waals surface area (Å²) in [5.41, 5.74) is 3.24. The molecule has 2 aliphatic rings. The zero-order valence-electron chi connectivity index (χ0n) is 25.9. The topological polar surface area (TPSA) is 88.1 Å². The van der Waals surface area contributed by atoms with E-state index in [1.165, 1.54) is 26.1 Å². The number of carbonyl (C=O) groups excluding carboxylic acids is 1. The fraction of sp³-hybridized carbons (Fsp3) is 0.206. The predicted octanol–water partition coefficient (Wildman–Crippen LogP) is 4.67.